The lowest BCUT2D eigenvalue weighted by Gasteiger charge is -2.26. The Hall–Kier alpha value is -2.29. The van der Waals surface area contributed by atoms with Crippen LogP contribution >= 0.6 is 0 Å². The number of benzene rings is 1. The number of nitrogens with two attached hydrogens (primary N) is 1. The average Bonchev–Trinajstić information content (AvgIpc) is 2.91. The van der Waals surface area contributed by atoms with Crippen molar-refractivity contribution in [3.8, 4) is 0 Å². The van der Waals surface area contributed by atoms with Crippen LogP contribution in [0.15, 0.2) is 30.3 Å². The standard InChI is InChI=1S/C13H18N2O2.C2HF3O2/c14-11-6-7-12(8-11)15(13(16)17)9-10-4-2-1-3-5-10;3-2(4,5)1(6)7/h1-5,11-12H,6-9,14H2,(H,16,17);(H,6,7)/t11-,12+;/m0./s1. The summed E-state index contributed by atoms with van der Waals surface area (Å²) in [6.45, 7) is 0.452. The Balaban J connectivity index is 0.000000351. The van der Waals surface area contributed by atoms with Gasteiger partial charge < -0.3 is 20.8 Å². The molecule has 9 heteroatoms. The molecule has 6 nitrogen and oxygen atoms in total. The number of rotatable bonds is 3. The second-order valence-corrected chi connectivity index (χ2v) is 5.43. The number of amides is 1. The van der Waals surface area contributed by atoms with Gasteiger partial charge in [-0.25, -0.2) is 9.59 Å². The van der Waals surface area contributed by atoms with E-state index in [1.807, 2.05) is 30.3 Å². The van der Waals surface area contributed by atoms with Gasteiger partial charge in [-0.15, -0.1) is 0 Å². The van der Waals surface area contributed by atoms with Crippen LogP contribution in [0.2, 0.25) is 0 Å². The van der Waals surface area contributed by atoms with Gasteiger partial charge in [0.1, 0.15) is 0 Å². The first-order valence-corrected chi connectivity index (χ1v) is 7.20. The van der Waals surface area contributed by atoms with E-state index in [1.165, 1.54) is 4.90 Å². The molecule has 1 fully saturated rings. The van der Waals surface area contributed by atoms with Gasteiger partial charge in [0, 0.05) is 18.6 Å². The highest BCUT2D eigenvalue weighted by atomic mass is 19.4. The lowest BCUT2D eigenvalue weighted by molar-refractivity contribution is -0.192. The molecule has 2 atom stereocenters. The van der Waals surface area contributed by atoms with E-state index < -0.39 is 18.2 Å². The summed E-state index contributed by atoms with van der Waals surface area (Å²) in [6, 6.07) is 9.90. The van der Waals surface area contributed by atoms with Gasteiger partial charge in [0.05, 0.1) is 0 Å². The van der Waals surface area contributed by atoms with Gasteiger partial charge in [0.25, 0.3) is 0 Å². The Morgan fingerprint density at radius 1 is 1.17 bits per heavy atom. The third-order valence-electron chi connectivity index (χ3n) is 3.57. The second kappa shape index (κ2) is 8.53. The topological polar surface area (TPSA) is 104 Å². The van der Waals surface area contributed by atoms with Crippen molar-refractivity contribution < 1.29 is 33.0 Å². The van der Waals surface area contributed by atoms with Gasteiger partial charge in [-0.05, 0) is 24.8 Å². The van der Waals surface area contributed by atoms with Crippen molar-refractivity contribution >= 4 is 12.1 Å². The zero-order valence-corrected chi connectivity index (χ0v) is 12.7. The van der Waals surface area contributed by atoms with Gasteiger partial charge in [-0.2, -0.15) is 13.2 Å². The van der Waals surface area contributed by atoms with Crippen LogP contribution in [-0.2, 0) is 11.3 Å². The molecular weight excluding hydrogens is 329 g/mol. The fraction of sp³-hybridized carbons (Fsp3) is 0.467. The molecule has 0 aromatic heterocycles. The van der Waals surface area contributed by atoms with E-state index in [0.29, 0.717) is 6.54 Å². The van der Waals surface area contributed by atoms with Crippen molar-refractivity contribution in [1.29, 1.82) is 0 Å². The van der Waals surface area contributed by atoms with Gasteiger partial charge >= 0.3 is 18.2 Å². The van der Waals surface area contributed by atoms with E-state index in [9.17, 15) is 23.1 Å². The molecule has 0 spiro atoms. The Kier molecular flexibility index (Phi) is 7.02. The third kappa shape index (κ3) is 6.45. The summed E-state index contributed by atoms with van der Waals surface area (Å²) in [5, 5.41) is 16.4. The van der Waals surface area contributed by atoms with Crippen LogP contribution in [0.25, 0.3) is 0 Å². The minimum absolute atomic E-state index is 0.0720. The normalized spacial score (nSPS) is 20.0. The van der Waals surface area contributed by atoms with Crippen molar-refractivity contribution in [2.45, 2.75) is 44.1 Å². The molecule has 0 bridgehead atoms. The number of hydrogen-bond acceptors (Lipinski definition) is 3. The van der Waals surface area contributed by atoms with Crippen LogP contribution in [0.3, 0.4) is 0 Å². The van der Waals surface area contributed by atoms with Crippen molar-refractivity contribution in [2.24, 2.45) is 5.73 Å². The lowest BCUT2D eigenvalue weighted by atomic mass is 10.1. The zero-order chi connectivity index (χ0) is 18.3. The van der Waals surface area contributed by atoms with E-state index in [1.54, 1.807) is 0 Å². The van der Waals surface area contributed by atoms with E-state index in [2.05, 4.69) is 0 Å². The SMILES string of the molecule is N[C@H]1CC[C@@H](N(Cc2ccccc2)C(=O)O)C1.O=C(O)C(F)(F)F. The summed E-state index contributed by atoms with van der Waals surface area (Å²) in [5.41, 5.74) is 6.86. The first-order chi connectivity index (χ1) is 11.1. The minimum atomic E-state index is -5.08. The maximum absolute atomic E-state index is 11.3. The summed E-state index contributed by atoms with van der Waals surface area (Å²) in [4.78, 5) is 21.7. The largest absolute Gasteiger partial charge is 0.490 e. The molecule has 0 aliphatic heterocycles. The van der Waals surface area contributed by atoms with E-state index in [4.69, 9.17) is 15.6 Å². The molecule has 0 heterocycles. The van der Waals surface area contributed by atoms with Crippen LogP contribution in [0.4, 0.5) is 18.0 Å². The predicted molar refractivity (Wildman–Crippen MR) is 79.3 cm³/mol. The van der Waals surface area contributed by atoms with Gasteiger partial charge in [-0.3, -0.25) is 0 Å². The molecule has 2 rings (SSSR count). The minimum Gasteiger partial charge on any atom is -0.475 e. The molecule has 1 amide bonds. The highest BCUT2D eigenvalue weighted by molar-refractivity contribution is 5.73. The number of nitrogens with zero attached hydrogens (tertiary/aromatic N) is 1. The molecule has 1 aliphatic carbocycles. The molecular formula is C15H19F3N2O4. The Morgan fingerprint density at radius 3 is 2.08 bits per heavy atom. The van der Waals surface area contributed by atoms with Gasteiger partial charge in [-0.1, -0.05) is 30.3 Å². The first kappa shape index (κ1) is 19.8. The number of carbonyl (C=O) groups is 2. The molecule has 4 N–H and O–H groups in total. The molecule has 1 saturated carbocycles. The summed E-state index contributed by atoms with van der Waals surface area (Å²) >= 11 is 0. The molecule has 24 heavy (non-hydrogen) atoms. The number of alkyl halides is 3. The average molecular weight is 348 g/mol. The smallest absolute Gasteiger partial charge is 0.475 e. The highest BCUT2D eigenvalue weighted by Crippen LogP contribution is 2.24. The Morgan fingerprint density at radius 2 is 1.71 bits per heavy atom. The molecule has 1 aromatic carbocycles. The van der Waals surface area contributed by atoms with Crippen LogP contribution < -0.4 is 5.73 Å². The van der Waals surface area contributed by atoms with Crippen LogP contribution in [0, 0.1) is 0 Å². The number of hydrogen-bond donors (Lipinski definition) is 3. The Bertz CT molecular complexity index is 551. The summed E-state index contributed by atoms with van der Waals surface area (Å²) in [5.74, 6) is -2.76. The zero-order valence-electron chi connectivity index (χ0n) is 12.7. The van der Waals surface area contributed by atoms with Crippen molar-refractivity contribution in [1.82, 2.24) is 4.90 Å². The number of carboxylic acid groups (broad SMARTS) is 2. The molecule has 0 saturated heterocycles. The quantitative estimate of drug-likeness (QED) is 0.779. The lowest BCUT2D eigenvalue weighted by Crippen LogP contribution is -2.38. The van der Waals surface area contributed by atoms with Gasteiger partial charge in [0.15, 0.2) is 0 Å². The van der Waals surface area contributed by atoms with Crippen LogP contribution in [0.5, 0.6) is 0 Å². The summed E-state index contributed by atoms with van der Waals surface area (Å²) < 4.78 is 31.7. The number of aliphatic carboxylic acids is 1. The fourth-order valence-electron chi connectivity index (χ4n) is 2.41. The predicted octanol–water partition coefficient (Wildman–Crippen LogP) is 2.68. The number of halogens is 3. The van der Waals surface area contributed by atoms with Crippen molar-refractivity contribution in [3.63, 3.8) is 0 Å². The third-order valence-corrected chi connectivity index (χ3v) is 3.57. The van der Waals surface area contributed by atoms with Crippen molar-refractivity contribution in [3.05, 3.63) is 35.9 Å². The monoisotopic (exact) mass is 348 g/mol. The van der Waals surface area contributed by atoms with Crippen LogP contribution in [-0.4, -0.2) is 45.4 Å². The molecule has 0 radical (unpaired) electrons. The summed E-state index contributed by atoms with van der Waals surface area (Å²) in [6.07, 6.45) is -3.36. The molecule has 1 aliphatic rings. The molecule has 0 unspecified atom stereocenters. The second-order valence-electron chi connectivity index (χ2n) is 5.43. The first-order valence-electron chi connectivity index (χ1n) is 7.20. The maximum atomic E-state index is 11.3. The van der Waals surface area contributed by atoms with E-state index in [-0.39, 0.29) is 12.1 Å². The van der Waals surface area contributed by atoms with E-state index in [0.717, 1.165) is 24.8 Å². The van der Waals surface area contributed by atoms with Crippen LogP contribution in [0.1, 0.15) is 24.8 Å². The van der Waals surface area contributed by atoms with Gasteiger partial charge in [0.2, 0.25) is 0 Å². The molecule has 134 valence electrons. The fourth-order valence-corrected chi connectivity index (χ4v) is 2.41. The molecule has 1 aromatic rings. The van der Waals surface area contributed by atoms with E-state index >= 15 is 0 Å². The number of carboxylic acids is 1. The maximum Gasteiger partial charge on any atom is 0.490 e. The summed E-state index contributed by atoms with van der Waals surface area (Å²) in [7, 11) is 0. The Labute approximate surface area is 136 Å². The highest BCUT2D eigenvalue weighted by Gasteiger charge is 2.38. The van der Waals surface area contributed by atoms with Crippen molar-refractivity contribution in [2.75, 3.05) is 0 Å².